The molecule has 0 saturated heterocycles. The van der Waals surface area contributed by atoms with Gasteiger partial charge in [0, 0.05) is 74.4 Å². The fraction of sp³-hybridized carbons (Fsp3) is 0.444. The van der Waals surface area contributed by atoms with E-state index in [-0.39, 0.29) is 32.5 Å². The van der Waals surface area contributed by atoms with Crippen molar-refractivity contribution in [3.8, 4) is 33.4 Å². The minimum absolute atomic E-state index is 0.0714. The lowest BCUT2D eigenvalue weighted by molar-refractivity contribution is 0.368. The van der Waals surface area contributed by atoms with E-state index in [1.54, 1.807) is 0 Å². The van der Waals surface area contributed by atoms with Crippen molar-refractivity contribution in [3.05, 3.63) is 144 Å². The minimum Gasteiger partial charge on any atom is -0.328 e. The van der Waals surface area contributed by atoms with E-state index in [4.69, 9.17) is 14.7 Å². The van der Waals surface area contributed by atoms with E-state index >= 15 is 0 Å². The molecule has 0 fully saturated rings. The van der Waals surface area contributed by atoms with Gasteiger partial charge in [-0.1, -0.05) is 125 Å². The minimum atomic E-state index is -2.62. The summed E-state index contributed by atoms with van der Waals surface area (Å²) in [5.74, 6) is 0. The predicted molar refractivity (Wildman–Crippen MR) is 268 cm³/mol. The second kappa shape index (κ2) is 21.5. The molecule has 0 saturated carbocycles. The van der Waals surface area contributed by atoms with E-state index in [2.05, 4.69) is 191 Å². The summed E-state index contributed by atoms with van der Waals surface area (Å²) >= 11 is 0. The van der Waals surface area contributed by atoms with Crippen molar-refractivity contribution in [3.63, 3.8) is 0 Å². The third-order valence-corrected chi connectivity index (χ3v) is 10.6. The van der Waals surface area contributed by atoms with Gasteiger partial charge in [-0.15, -0.1) is 0 Å². The van der Waals surface area contributed by atoms with Crippen LogP contribution in [0, 0.1) is 0 Å². The van der Waals surface area contributed by atoms with Crippen LogP contribution >= 0.6 is 8.60 Å². The van der Waals surface area contributed by atoms with Crippen molar-refractivity contribution in [2.24, 2.45) is 0 Å². The Labute approximate surface area is 386 Å². The van der Waals surface area contributed by atoms with E-state index in [1.807, 2.05) is 74.4 Å². The van der Waals surface area contributed by atoms with Gasteiger partial charge in [0.25, 0.3) is 0 Å². The van der Waals surface area contributed by atoms with Crippen LogP contribution in [0.25, 0.3) is 33.4 Å². The first kappa shape index (κ1) is 53.5. The highest BCUT2D eigenvalue weighted by molar-refractivity contribution is 7.38. The van der Waals surface area contributed by atoms with Crippen molar-refractivity contribution in [2.45, 2.75) is 157 Å². The molecule has 0 radical (unpaired) electrons. The summed E-state index contributed by atoms with van der Waals surface area (Å²) in [4.78, 5) is 47.6. The summed E-state index contributed by atoms with van der Waals surface area (Å²) in [6.45, 7) is 40.1. The molecule has 6 rings (SSSR count). The summed E-state index contributed by atoms with van der Waals surface area (Å²) in [6.07, 6.45) is 23.2. The Kier molecular flexibility index (Phi) is 18.0. The molecule has 6 heterocycles. The van der Waals surface area contributed by atoms with Gasteiger partial charge < -0.3 is 14.7 Å². The Morgan fingerprint density at radius 3 is 0.469 bits per heavy atom. The quantitative estimate of drug-likeness (QED) is 0.148. The van der Waals surface area contributed by atoms with Crippen LogP contribution in [0.3, 0.4) is 0 Å². The standard InChI is InChI=1S/3C18H24N2.H3O3P/c3*1-17(2,3)15-11-19-9-7-13(15)14-8-10-20-12-16(14)18(4,5)6;1-4(2)3/h3*7-12H,1-6H3;1-3H. The topological polar surface area (TPSA) is 138 Å². The molecule has 9 nitrogen and oxygen atoms in total. The molecule has 6 aromatic heterocycles. The zero-order valence-corrected chi connectivity index (χ0v) is 42.8. The molecular formula is C54H75N6O3P. The van der Waals surface area contributed by atoms with Gasteiger partial charge in [-0.3, -0.25) is 29.9 Å². The molecule has 3 N–H and O–H groups in total. The monoisotopic (exact) mass is 887 g/mol. The lowest BCUT2D eigenvalue weighted by Crippen LogP contribution is -2.16. The van der Waals surface area contributed by atoms with Gasteiger partial charge in [0.15, 0.2) is 0 Å². The van der Waals surface area contributed by atoms with Crippen LogP contribution < -0.4 is 0 Å². The number of hydrogen-bond acceptors (Lipinski definition) is 9. The van der Waals surface area contributed by atoms with Gasteiger partial charge in [0.05, 0.1) is 0 Å². The first-order chi connectivity index (χ1) is 29.4. The number of nitrogens with zero attached hydrogens (tertiary/aromatic N) is 6. The van der Waals surface area contributed by atoms with E-state index in [0.717, 1.165) is 0 Å². The lowest BCUT2D eigenvalue weighted by Gasteiger charge is -2.27. The van der Waals surface area contributed by atoms with Crippen molar-refractivity contribution in [1.82, 2.24) is 29.9 Å². The number of rotatable bonds is 3. The van der Waals surface area contributed by atoms with E-state index in [1.165, 1.54) is 66.8 Å². The summed E-state index contributed by atoms with van der Waals surface area (Å²) in [7, 11) is -2.62. The van der Waals surface area contributed by atoms with Crippen LogP contribution in [0.1, 0.15) is 158 Å². The first-order valence-corrected chi connectivity index (χ1v) is 23.1. The molecule has 0 amide bonds. The van der Waals surface area contributed by atoms with Crippen LogP contribution in [-0.4, -0.2) is 44.6 Å². The molecule has 0 atom stereocenters. The maximum absolute atomic E-state index is 7.23. The summed E-state index contributed by atoms with van der Waals surface area (Å²) in [5, 5.41) is 0. The smallest absolute Gasteiger partial charge is 0.324 e. The summed E-state index contributed by atoms with van der Waals surface area (Å²) in [5.41, 5.74) is 15.7. The van der Waals surface area contributed by atoms with Crippen molar-refractivity contribution in [2.75, 3.05) is 0 Å². The zero-order valence-electron chi connectivity index (χ0n) is 41.9. The third-order valence-electron chi connectivity index (χ3n) is 10.6. The molecule has 0 spiro atoms. The molecule has 0 aliphatic carbocycles. The average molecular weight is 887 g/mol. The highest BCUT2D eigenvalue weighted by atomic mass is 31.2. The second-order valence-electron chi connectivity index (χ2n) is 22.3. The fourth-order valence-electron chi connectivity index (χ4n) is 7.36. The van der Waals surface area contributed by atoms with Gasteiger partial charge in [-0.25, -0.2) is 0 Å². The molecule has 0 bridgehead atoms. The second-order valence-corrected chi connectivity index (χ2v) is 22.8. The van der Waals surface area contributed by atoms with Crippen molar-refractivity contribution < 1.29 is 14.7 Å². The molecule has 6 aromatic rings. The Morgan fingerprint density at radius 2 is 0.375 bits per heavy atom. The Hall–Kier alpha value is -4.79. The highest BCUT2D eigenvalue weighted by Gasteiger charge is 2.27. The van der Waals surface area contributed by atoms with Gasteiger partial charge in [-0.2, -0.15) is 0 Å². The van der Waals surface area contributed by atoms with Crippen molar-refractivity contribution >= 4 is 8.60 Å². The third kappa shape index (κ3) is 15.2. The first-order valence-electron chi connectivity index (χ1n) is 21.9. The largest absolute Gasteiger partial charge is 0.328 e. The Bertz CT molecular complexity index is 1970. The zero-order chi connectivity index (χ0) is 48.5. The average Bonchev–Trinajstić information content (AvgIpc) is 3.19. The molecule has 10 heteroatoms. The Morgan fingerprint density at radius 1 is 0.266 bits per heavy atom. The van der Waals surface area contributed by atoms with Gasteiger partial charge >= 0.3 is 8.60 Å². The molecule has 0 unspecified atom stereocenters. The normalized spacial score (nSPS) is 12.3. The maximum atomic E-state index is 7.23. The van der Waals surface area contributed by atoms with Gasteiger partial charge in [0.2, 0.25) is 0 Å². The van der Waals surface area contributed by atoms with E-state index < -0.39 is 8.60 Å². The van der Waals surface area contributed by atoms with Crippen LogP contribution in [-0.2, 0) is 32.5 Å². The fourth-order valence-corrected chi connectivity index (χ4v) is 7.36. The molecule has 64 heavy (non-hydrogen) atoms. The number of hydrogen-bond donors (Lipinski definition) is 3. The van der Waals surface area contributed by atoms with Gasteiger partial charge in [0.1, 0.15) is 0 Å². The van der Waals surface area contributed by atoms with Crippen molar-refractivity contribution in [1.29, 1.82) is 0 Å². The summed E-state index contributed by atoms with van der Waals surface area (Å²) < 4.78 is 0. The van der Waals surface area contributed by atoms with Crippen LogP contribution in [0.5, 0.6) is 0 Å². The Balaban J connectivity index is 0.000000244. The van der Waals surface area contributed by atoms with Crippen LogP contribution in [0.2, 0.25) is 0 Å². The molecule has 0 aliphatic heterocycles. The molecule has 0 aromatic carbocycles. The van der Waals surface area contributed by atoms with Crippen LogP contribution in [0.15, 0.2) is 111 Å². The van der Waals surface area contributed by atoms with E-state index in [9.17, 15) is 0 Å². The molecule has 0 aliphatic rings. The maximum Gasteiger partial charge on any atom is 0.324 e. The molecule has 344 valence electrons. The number of pyridine rings is 6. The lowest BCUT2D eigenvalue weighted by atomic mass is 9.78. The van der Waals surface area contributed by atoms with E-state index in [0.29, 0.717) is 0 Å². The van der Waals surface area contributed by atoms with Gasteiger partial charge in [-0.05, 0) is 136 Å². The highest BCUT2D eigenvalue weighted by Crippen LogP contribution is 2.40. The molecular weight excluding hydrogens is 812 g/mol. The SMILES string of the molecule is CC(C)(C)c1cnccc1-c1ccncc1C(C)(C)C.CC(C)(C)c1cnccc1-c1ccncc1C(C)(C)C.CC(C)(C)c1cnccc1-c1ccncc1C(C)(C)C.OP(O)O. The predicted octanol–water partition coefficient (Wildman–Crippen LogP) is 13.4. The van der Waals surface area contributed by atoms with Crippen LogP contribution in [0.4, 0.5) is 0 Å². The summed E-state index contributed by atoms with van der Waals surface area (Å²) in [6, 6.07) is 12.7. The number of aromatic nitrogens is 6.